The molecule has 5 fully saturated rings. The highest BCUT2D eigenvalue weighted by molar-refractivity contribution is 5.05. The number of hydrogen-bond donors (Lipinski definition) is 1. The zero-order valence-corrected chi connectivity index (χ0v) is 12.6. The van der Waals surface area contributed by atoms with E-state index >= 15 is 0 Å². The third-order valence-corrected chi connectivity index (χ3v) is 6.38. The average molecular weight is 263 g/mol. The molecule has 0 radical (unpaired) electrons. The van der Waals surface area contributed by atoms with Crippen molar-refractivity contribution in [3.05, 3.63) is 0 Å². The van der Waals surface area contributed by atoms with Crippen LogP contribution in [0.3, 0.4) is 0 Å². The minimum atomic E-state index is 0.303. The second-order valence-electron chi connectivity index (χ2n) is 8.87. The standard InChI is InChI=1S/C17H29NO/c1-16(2)10-18-9-15(19-11-16)17-6-12-3-13(7-17)5-14(4-12)8-17/h12-15,18H,3-11H2,1-2H3. The molecule has 0 aromatic carbocycles. The Balaban J connectivity index is 1.55. The molecular weight excluding hydrogens is 234 g/mol. The summed E-state index contributed by atoms with van der Waals surface area (Å²) in [5, 5.41) is 3.69. The zero-order valence-electron chi connectivity index (χ0n) is 12.6. The van der Waals surface area contributed by atoms with E-state index in [1.807, 2.05) is 0 Å². The van der Waals surface area contributed by atoms with Gasteiger partial charge in [-0.15, -0.1) is 0 Å². The Hall–Kier alpha value is -0.0800. The fourth-order valence-corrected chi connectivity index (χ4v) is 5.94. The first-order valence-corrected chi connectivity index (χ1v) is 8.37. The van der Waals surface area contributed by atoms with Crippen molar-refractivity contribution in [2.75, 3.05) is 19.7 Å². The molecular formula is C17H29NO. The summed E-state index contributed by atoms with van der Waals surface area (Å²) in [5.41, 5.74) is 0.846. The van der Waals surface area contributed by atoms with Crippen molar-refractivity contribution < 1.29 is 4.74 Å². The van der Waals surface area contributed by atoms with Crippen LogP contribution in [0.25, 0.3) is 0 Å². The van der Waals surface area contributed by atoms with Gasteiger partial charge in [0.05, 0.1) is 12.7 Å². The van der Waals surface area contributed by atoms with Crippen LogP contribution in [0.4, 0.5) is 0 Å². The molecule has 1 N–H and O–H groups in total. The summed E-state index contributed by atoms with van der Waals surface area (Å²) in [5.74, 6) is 3.10. The summed E-state index contributed by atoms with van der Waals surface area (Å²) in [6, 6.07) is 0. The van der Waals surface area contributed by atoms with Gasteiger partial charge >= 0.3 is 0 Å². The average Bonchev–Trinajstić information content (AvgIpc) is 2.48. The first-order chi connectivity index (χ1) is 9.05. The molecule has 2 nitrogen and oxygen atoms in total. The molecule has 4 saturated carbocycles. The molecule has 1 saturated heterocycles. The molecule has 108 valence electrons. The molecule has 4 aliphatic carbocycles. The molecule has 2 heteroatoms. The minimum Gasteiger partial charge on any atom is -0.376 e. The zero-order chi connectivity index (χ0) is 13.1. The SMILES string of the molecule is CC1(C)CNCC(C23CC4CC(CC(C4)C2)C3)OC1. The first kappa shape index (κ1) is 12.6. The Labute approximate surface area is 117 Å². The van der Waals surface area contributed by atoms with Gasteiger partial charge in [0.25, 0.3) is 0 Å². The second kappa shape index (κ2) is 4.21. The molecule has 1 atom stereocenters. The van der Waals surface area contributed by atoms with Crippen molar-refractivity contribution in [1.82, 2.24) is 5.32 Å². The van der Waals surface area contributed by atoms with Crippen LogP contribution in [0, 0.1) is 28.6 Å². The number of ether oxygens (including phenoxy) is 1. The van der Waals surface area contributed by atoms with E-state index in [-0.39, 0.29) is 0 Å². The van der Waals surface area contributed by atoms with Crippen molar-refractivity contribution >= 4 is 0 Å². The van der Waals surface area contributed by atoms with Crippen molar-refractivity contribution in [3.63, 3.8) is 0 Å². The molecule has 0 aromatic heterocycles. The van der Waals surface area contributed by atoms with Crippen LogP contribution in [0.5, 0.6) is 0 Å². The summed E-state index contributed by atoms with van der Waals surface area (Å²) in [6.07, 6.45) is 9.48. The van der Waals surface area contributed by atoms with Gasteiger partial charge in [0.15, 0.2) is 0 Å². The van der Waals surface area contributed by atoms with Gasteiger partial charge in [-0.25, -0.2) is 0 Å². The molecule has 5 aliphatic rings. The fourth-order valence-electron chi connectivity index (χ4n) is 5.94. The summed E-state index contributed by atoms with van der Waals surface area (Å²) < 4.78 is 6.44. The molecule has 0 spiro atoms. The van der Waals surface area contributed by atoms with Crippen LogP contribution in [0.1, 0.15) is 52.4 Å². The van der Waals surface area contributed by atoms with Crippen molar-refractivity contribution in [2.45, 2.75) is 58.5 Å². The summed E-state index contributed by atoms with van der Waals surface area (Å²) >= 11 is 0. The Kier molecular flexibility index (Phi) is 2.80. The molecule has 5 rings (SSSR count). The topological polar surface area (TPSA) is 21.3 Å². The molecule has 4 bridgehead atoms. The van der Waals surface area contributed by atoms with E-state index < -0.39 is 0 Å². The van der Waals surface area contributed by atoms with Crippen LogP contribution in [-0.2, 0) is 4.74 Å². The Bertz CT molecular complexity index is 327. The van der Waals surface area contributed by atoms with Crippen molar-refractivity contribution in [1.29, 1.82) is 0 Å². The normalized spacial score (nSPS) is 52.1. The Morgan fingerprint density at radius 3 is 2.11 bits per heavy atom. The minimum absolute atomic E-state index is 0.303. The maximum atomic E-state index is 6.44. The van der Waals surface area contributed by atoms with Gasteiger partial charge in [-0.2, -0.15) is 0 Å². The third-order valence-electron chi connectivity index (χ3n) is 6.38. The van der Waals surface area contributed by atoms with Crippen molar-refractivity contribution in [2.24, 2.45) is 28.6 Å². The van der Waals surface area contributed by atoms with E-state index in [0.29, 0.717) is 16.9 Å². The van der Waals surface area contributed by atoms with Gasteiger partial charge in [0.2, 0.25) is 0 Å². The molecule has 0 amide bonds. The maximum Gasteiger partial charge on any atom is 0.0756 e. The highest BCUT2D eigenvalue weighted by Gasteiger charge is 2.54. The lowest BCUT2D eigenvalue weighted by molar-refractivity contribution is -0.143. The van der Waals surface area contributed by atoms with E-state index in [1.54, 1.807) is 0 Å². The molecule has 0 aromatic rings. The third kappa shape index (κ3) is 2.15. The molecule has 1 unspecified atom stereocenters. The highest BCUT2D eigenvalue weighted by atomic mass is 16.5. The van der Waals surface area contributed by atoms with E-state index in [0.717, 1.165) is 37.5 Å². The quantitative estimate of drug-likeness (QED) is 0.784. The lowest BCUT2D eigenvalue weighted by atomic mass is 9.48. The van der Waals surface area contributed by atoms with Crippen LogP contribution < -0.4 is 5.32 Å². The van der Waals surface area contributed by atoms with Gasteiger partial charge in [-0.1, -0.05) is 13.8 Å². The summed E-state index contributed by atoms with van der Waals surface area (Å²) in [4.78, 5) is 0. The van der Waals surface area contributed by atoms with Gasteiger partial charge in [0, 0.05) is 18.5 Å². The van der Waals surface area contributed by atoms with Gasteiger partial charge in [-0.3, -0.25) is 0 Å². The van der Waals surface area contributed by atoms with Crippen LogP contribution in [0.2, 0.25) is 0 Å². The lowest BCUT2D eigenvalue weighted by Gasteiger charge is -2.59. The van der Waals surface area contributed by atoms with Gasteiger partial charge < -0.3 is 10.1 Å². The Morgan fingerprint density at radius 1 is 0.947 bits per heavy atom. The van der Waals surface area contributed by atoms with Crippen LogP contribution >= 0.6 is 0 Å². The largest absolute Gasteiger partial charge is 0.376 e. The maximum absolute atomic E-state index is 6.44. The number of nitrogens with one attached hydrogen (secondary N) is 1. The predicted octanol–water partition coefficient (Wildman–Crippen LogP) is 3.22. The first-order valence-electron chi connectivity index (χ1n) is 8.37. The number of hydrogen-bond acceptors (Lipinski definition) is 2. The van der Waals surface area contributed by atoms with E-state index in [4.69, 9.17) is 4.74 Å². The van der Waals surface area contributed by atoms with Gasteiger partial charge in [-0.05, 0) is 61.7 Å². The Morgan fingerprint density at radius 2 is 1.53 bits per heavy atom. The summed E-state index contributed by atoms with van der Waals surface area (Å²) in [6.45, 7) is 7.78. The van der Waals surface area contributed by atoms with Crippen molar-refractivity contribution in [3.8, 4) is 0 Å². The second-order valence-corrected chi connectivity index (χ2v) is 8.87. The van der Waals surface area contributed by atoms with E-state index in [2.05, 4.69) is 19.2 Å². The molecule has 19 heavy (non-hydrogen) atoms. The van der Waals surface area contributed by atoms with Crippen LogP contribution in [0.15, 0.2) is 0 Å². The lowest BCUT2D eigenvalue weighted by Crippen LogP contribution is -2.54. The monoisotopic (exact) mass is 263 g/mol. The van der Waals surface area contributed by atoms with Crippen LogP contribution in [-0.4, -0.2) is 25.8 Å². The van der Waals surface area contributed by atoms with E-state index in [9.17, 15) is 0 Å². The van der Waals surface area contributed by atoms with E-state index in [1.165, 1.54) is 38.5 Å². The fraction of sp³-hybridized carbons (Fsp3) is 1.00. The molecule has 1 heterocycles. The van der Waals surface area contributed by atoms with Gasteiger partial charge in [0.1, 0.15) is 0 Å². The number of rotatable bonds is 1. The predicted molar refractivity (Wildman–Crippen MR) is 77.0 cm³/mol. The molecule has 1 aliphatic heterocycles. The summed E-state index contributed by atoms with van der Waals surface area (Å²) in [7, 11) is 0. The smallest absolute Gasteiger partial charge is 0.0756 e. The highest BCUT2D eigenvalue weighted by Crippen LogP contribution is 2.61.